The maximum absolute atomic E-state index is 11.5. The molecule has 0 spiro atoms. The average molecular weight is 256 g/mol. The predicted octanol–water partition coefficient (Wildman–Crippen LogP) is 2.07. The first-order chi connectivity index (χ1) is 8.79. The van der Waals surface area contributed by atoms with E-state index in [0.29, 0.717) is 18.8 Å². The van der Waals surface area contributed by atoms with Crippen molar-refractivity contribution < 1.29 is 14.4 Å². The fourth-order valence-electron chi connectivity index (χ4n) is 2.59. The number of rotatable bonds is 4. The Kier molecular flexibility index (Phi) is 5.26. The molecule has 0 bridgehead atoms. The van der Waals surface area contributed by atoms with Gasteiger partial charge in [-0.1, -0.05) is 12.8 Å². The highest BCUT2D eigenvalue weighted by Gasteiger charge is 2.24. The molecule has 0 aromatic heterocycles. The van der Waals surface area contributed by atoms with E-state index in [2.05, 4.69) is 5.48 Å². The second kappa shape index (κ2) is 6.95. The van der Waals surface area contributed by atoms with Crippen LogP contribution in [0, 0.1) is 0 Å². The molecule has 5 nitrogen and oxygen atoms in total. The summed E-state index contributed by atoms with van der Waals surface area (Å²) in [7, 11) is 0. The topological polar surface area (TPSA) is 50.8 Å². The second-order valence-corrected chi connectivity index (χ2v) is 5.10. The minimum atomic E-state index is -0.187. The molecule has 2 rings (SSSR count). The normalized spacial score (nSPS) is 22.4. The molecule has 104 valence electrons. The highest BCUT2D eigenvalue weighted by Crippen LogP contribution is 2.21. The van der Waals surface area contributed by atoms with E-state index >= 15 is 0 Å². The van der Waals surface area contributed by atoms with Crippen LogP contribution in [0.25, 0.3) is 0 Å². The number of carbonyl (C=O) groups is 1. The molecule has 1 saturated carbocycles. The molecule has 1 aliphatic carbocycles. The number of hydrogen-bond donors (Lipinski definition) is 1. The minimum absolute atomic E-state index is 0.187. The van der Waals surface area contributed by atoms with E-state index < -0.39 is 0 Å². The van der Waals surface area contributed by atoms with Gasteiger partial charge in [0.25, 0.3) is 0 Å². The van der Waals surface area contributed by atoms with Gasteiger partial charge < -0.3 is 9.64 Å². The van der Waals surface area contributed by atoms with Gasteiger partial charge >= 0.3 is 6.09 Å². The summed E-state index contributed by atoms with van der Waals surface area (Å²) in [5.41, 5.74) is 3.18. The van der Waals surface area contributed by atoms with Crippen molar-refractivity contribution in [2.45, 2.75) is 57.6 Å². The first-order valence-electron chi connectivity index (χ1n) is 7.12. The fourth-order valence-corrected chi connectivity index (χ4v) is 2.59. The SMILES string of the molecule is CCOC(=O)N1CCC(NOC2CCCC2)CC1. The number of amides is 1. The maximum atomic E-state index is 11.5. The first-order valence-corrected chi connectivity index (χ1v) is 7.12. The van der Waals surface area contributed by atoms with E-state index in [4.69, 9.17) is 9.57 Å². The van der Waals surface area contributed by atoms with E-state index in [0.717, 1.165) is 25.9 Å². The summed E-state index contributed by atoms with van der Waals surface area (Å²) in [6.45, 7) is 3.79. The number of carbonyl (C=O) groups excluding carboxylic acids is 1. The van der Waals surface area contributed by atoms with Crippen LogP contribution in [0.1, 0.15) is 45.4 Å². The highest BCUT2D eigenvalue weighted by molar-refractivity contribution is 5.67. The molecule has 0 atom stereocenters. The summed E-state index contributed by atoms with van der Waals surface area (Å²) in [4.78, 5) is 19.0. The zero-order valence-electron chi connectivity index (χ0n) is 11.2. The van der Waals surface area contributed by atoms with Crippen molar-refractivity contribution in [3.63, 3.8) is 0 Å². The number of likely N-dealkylation sites (tertiary alicyclic amines) is 1. The van der Waals surface area contributed by atoms with Gasteiger partial charge in [-0.2, -0.15) is 5.48 Å². The summed E-state index contributed by atoms with van der Waals surface area (Å²) in [6, 6.07) is 0.372. The Bertz CT molecular complexity index is 259. The monoisotopic (exact) mass is 256 g/mol. The second-order valence-electron chi connectivity index (χ2n) is 5.10. The lowest BCUT2D eigenvalue weighted by molar-refractivity contribution is -0.0498. The molecular formula is C13H24N2O3. The number of nitrogens with one attached hydrogen (secondary N) is 1. The molecule has 2 aliphatic rings. The van der Waals surface area contributed by atoms with Crippen molar-refractivity contribution in [2.24, 2.45) is 0 Å². The van der Waals surface area contributed by atoms with E-state index in [1.807, 2.05) is 6.92 Å². The van der Waals surface area contributed by atoms with Crippen LogP contribution in [0.2, 0.25) is 0 Å². The van der Waals surface area contributed by atoms with E-state index in [1.165, 1.54) is 25.7 Å². The largest absolute Gasteiger partial charge is 0.450 e. The average Bonchev–Trinajstić information content (AvgIpc) is 2.90. The Morgan fingerprint density at radius 2 is 1.89 bits per heavy atom. The minimum Gasteiger partial charge on any atom is -0.450 e. The molecule has 0 unspecified atom stereocenters. The summed E-state index contributed by atoms with van der Waals surface area (Å²) in [6.07, 6.45) is 7.00. The third-order valence-corrected chi connectivity index (χ3v) is 3.72. The zero-order chi connectivity index (χ0) is 12.8. The molecule has 1 aliphatic heterocycles. The van der Waals surface area contributed by atoms with E-state index in [9.17, 15) is 4.79 Å². The molecule has 0 aromatic carbocycles. The number of nitrogens with zero attached hydrogens (tertiary/aromatic N) is 1. The Morgan fingerprint density at radius 1 is 1.22 bits per heavy atom. The van der Waals surface area contributed by atoms with Crippen LogP contribution in [-0.4, -0.2) is 42.8 Å². The lowest BCUT2D eigenvalue weighted by Crippen LogP contribution is -2.45. The van der Waals surface area contributed by atoms with Gasteiger partial charge in [-0.05, 0) is 32.6 Å². The summed E-state index contributed by atoms with van der Waals surface area (Å²) < 4.78 is 4.99. The highest BCUT2D eigenvalue weighted by atomic mass is 16.7. The Morgan fingerprint density at radius 3 is 2.50 bits per heavy atom. The maximum Gasteiger partial charge on any atom is 0.409 e. The summed E-state index contributed by atoms with van der Waals surface area (Å²) in [5, 5.41) is 0. The van der Waals surface area contributed by atoms with E-state index in [1.54, 1.807) is 4.90 Å². The third kappa shape index (κ3) is 3.85. The molecule has 2 fully saturated rings. The number of hydrogen-bond acceptors (Lipinski definition) is 4. The molecule has 1 heterocycles. The van der Waals surface area contributed by atoms with Crippen LogP contribution in [0.15, 0.2) is 0 Å². The van der Waals surface area contributed by atoms with Crippen LogP contribution in [0.3, 0.4) is 0 Å². The van der Waals surface area contributed by atoms with Gasteiger partial charge in [0.15, 0.2) is 0 Å². The Labute approximate surface area is 109 Å². The number of piperidine rings is 1. The lowest BCUT2D eigenvalue weighted by atomic mass is 10.1. The summed E-state index contributed by atoms with van der Waals surface area (Å²) >= 11 is 0. The van der Waals surface area contributed by atoms with Crippen molar-refractivity contribution in [1.29, 1.82) is 0 Å². The van der Waals surface area contributed by atoms with Crippen molar-refractivity contribution in [1.82, 2.24) is 10.4 Å². The first kappa shape index (κ1) is 13.6. The van der Waals surface area contributed by atoms with Crippen molar-refractivity contribution >= 4 is 6.09 Å². The van der Waals surface area contributed by atoms with Crippen LogP contribution >= 0.6 is 0 Å². The van der Waals surface area contributed by atoms with Crippen LogP contribution in [0.5, 0.6) is 0 Å². The Balaban J connectivity index is 1.62. The predicted molar refractivity (Wildman–Crippen MR) is 68.1 cm³/mol. The van der Waals surface area contributed by atoms with Gasteiger partial charge in [0.05, 0.1) is 12.7 Å². The molecule has 0 aromatic rings. The molecule has 0 radical (unpaired) electrons. The number of ether oxygens (including phenoxy) is 1. The molecule has 1 amide bonds. The van der Waals surface area contributed by atoms with Crippen molar-refractivity contribution in [3.05, 3.63) is 0 Å². The fraction of sp³-hybridized carbons (Fsp3) is 0.923. The molecule has 1 N–H and O–H groups in total. The standard InChI is InChI=1S/C13H24N2O3/c1-2-17-13(16)15-9-7-11(8-10-15)14-18-12-5-3-4-6-12/h11-12,14H,2-10H2,1H3. The smallest absolute Gasteiger partial charge is 0.409 e. The van der Waals surface area contributed by atoms with Gasteiger partial charge in [0, 0.05) is 19.1 Å². The molecule has 5 heteroatoms. The summed E-state index contributed by atoms with van der Waals surface area (Å²) in [5.74, 6) is 0. The molecule has 1 saturated heterocycles. The van der Waals surface area contributed by atoms with Crippen molar-refractivity contribution in [3.8, 4) is 0 Å². The van der Waals surface area contributed by atoms with Gasteiger partial charge in [-0.3, -0.25) is 4.84 Å². The zero-order valence-corrected chi connectivity index (χ0v) is 11.2. The van der Waals surface area contributed by atoms with Gasteiger partial charge in [0.1, 0.15) is 0 Å². The number of hydroxylamine groups is 1. The molecular weight excluding hydrogens is 232 g/mol. The Hall–Kier alpha value is -0.810. The van der Waals surface area contributed by atoms with Gasteiger partial charge in [0.2, 0.25) is 0 Å². The van der Waals surface area contributed by atoms with E-state index in [-0.39, 0.29) is 6.09 Å². The van der Waals surface area contributed by atoms with Crippen LogP contribution in [0.4, 0.5) is 4.79 Å². The quantitative estimate of drug-likeness (QED) is 0.782. The van der Waals surface area contributed by atoms with Crippen LogP contribution in [-0.2, 0) is 9.57 Å². The van der Waals surface area contributed by atoms with Crippen LogP contribution < -0.4 is 5.48 Å². The van der Waals surface area contributed by atoms with Gasteiger partial charge in [-0.15, -0.1) is 0 Å². The van der Waals surface area contributed by atoms with Crippen molar-refractivity contribution in [2.75, 3.05) is 19.7 Å². The molecule has 18 heavy (non-hydrogen) atoms. The van der Waals surface area contributed by atoms with Gasteiger partial charge in [-0.25, -0.2) is 4.79 Å². The lowest BCUT2D eigenvalue weighted by Gasteiger charge is -2.31. The third-order valence-electron chi connectivity index (χ3n) is 3.72.